The van der Waals surface area contributed by atoms with Gasteiger partial charge in [-0.2, -0.15) is 0 Å². The van der Waals surface area contributed by atoms with E-state index >= 15 is 0 Å². The second kappa shape index (κ2) is 5.34. The smallest absolute Gasteiger partial charge is 0.267 e. The number of anilines is 1. The lowest BCUT2D eigenvalue weighted by atomic mass is 10.2. The van der Waals surface area contributed by atoms with Crippen LogP contribution in [0.4, 0.5) is 5.69 Å². The highest BCUT2D eigenvalue weighted by atomic mass is 32.1. The summed E-state index contributed by atoms with van der Waals surface area (Å²) in [5, 5.41) is 5.79. The van der Waals surface area contributed by atoms with Gasteiger partial charge in [0.25, 0.3) is 5.91 Å². The van der Waals surface area contributed by atoms with Crippen molar-refractivity contribution in [3.63, 3.8) is 0 Å². The summed E-state index contributed by atoms with van der Waals surface area (Å²) >= 11 is 1.56. The summed E-state index contributed by atoms with van der Waals surface area (Å²) in [6, 6.07) is 7.41. The predicted molar refractivity (Wildman–Crippen MR) is 80.9 cm³/mol. The summed E-state index contributed by atoms with van der Waals surface area (Å²) in [6.07, 6.45) is 0.734. The number of rotatable bonds is 4. The van der Waals surface area contributed by atoms with E-state index in [9.17, 15) is 4.79 Å². The largest absolute Gasteiger partial charge is 0.397 e. The Hall–Kier alpha value is -2.34. The topological polar surface area (TPSA) is 83.8 Å². The molecule has 0 aliphatic carbocycles. The molecule has 2 heterocycles. The highest BCUT2D eigenvalue weighted by Crippen LogP contribution is 2.20. The lowest BCUT2D eigenvalue weighted by molar-refractivity contribution is 0.0950. The van der Waals surface area contributed by atoms with Gasteiger partial charge < -0.3 is 16.0 Å². The van der Waals surface area contributed by atoms with Crippen LogP contribution in [0.1, 0.15) is 16.2 Å². The van der Waals surface area contributed by atoms with E-state index in [0.717, 1.165) is 23.0 Å². The summed E-state index contributed by atoms with van der Waals surface area (Å²) in [5.74, 6) is -0.129. The van der Waals surface area contributed by atoms with E-state index in [1.807, 2.05) is 29.6 Å². The van der Waals surface area contributed by atoms with E-state index < -0.39 is 0 Å². The molecule has 0 spiro atoms. The van der Waals surface area contributed by atoms with E-state index in [4.69, 9.17) is 5.73 Å². The van der Waals surface area contributed by atoms with Gasteiger partial charge in [-0.3, -0.25) is 4.79 Å². The predicted octanol–water partition coefficient (Wildman–Crippen LogP) is 2.18. The fourth-order valence-electron chi connectivity index (χ4n) is 2.06. The number of benzene rings is 1. The molecule has 0 atom stereocenters. The molecule has 0 unspecified atom stereocenters. The summed E-state index contributed by atoms with van der Waals surface area (Å²) in [6.45, 7) is 0.563. The van der Waals surface area contributed by atoms with Gasteiger partial charge >= 0.3 is 0 Å². The van der Waals surface area contributed by atoms with Gasteiger partial charge in [-0.1, -0.05) is 12.1 Å². The van der Waals surface area contributed by atoms with Crippen LogP contribution in [-0.4, -0.2) is 22.4 Å². The minimum Gasteiger partial charge on any atom is -0.397 e. The molecule has 0 radical (unpaired) electrons. The van der Waals surface area contributed by atoms with Gasteiger partial charge in [0.2, 0.25) is 0 Å². The first-order chi connectivity index (χ1) is 9.74. The Morgan fingerprint density at radius 1 is 1.45 bits per heavy atom. The number of aromatic amines is 1. The maximum atomic E-state index is 12.1. The van der Waals surface area contributed by atoms with Gasteiger partial charge in [-0.25, -0.2) is 4.98 Å². The van der Waals surface area contributed by atoms with Crippen molar-refractivity contribution in [2.24, 2.45) is 0 Å². The molecular formula is C14H14N4OS. The number of nitrogens with zero attached hydrogens (tertiary/aromatic N) is 1. The van der Waals surface area contributed by atoms with Crippen molar-refractivity contribution >= 4 is 33.8 Å². The lowest BCUT2D eigenvalue weighted by Crippen LogP contribution is -2.26. The Morgan fingerprint density at radius 3 is 3.10 bits per heavy atom. The number of H-pyrrole nitrogens is 1. The molecule has 0 aliphatic heterocycles. The van der Waals surface area contributed by atoms with Crippen molar-refractivity contribution in [3.8, 4) is 0 Å². The number of nitrogen functional groups attached to an aromatic ring is 1. The number of thiazole rings is 1. The molecule has 3 rings (SSSR count). The molecule has 20 heavy (non-hydrogen) atoms. The van der Waals surface area contributed by atoms with Crippen LogP contribution in [0.15, 0.2) is 35.2 Å². The van der Waals surface area contributed by atoms with Crippen LogP contribution in [0.5, 0.6) is 0 Å². The molecule has 102 valence electrons. The number of para-hydroxylation sites is 1. The third-order valence-electron chi connectivity index (χ3n) is 3.08. The fourth-order valence-corrected chi connectivity index (χ4v) is 2.66. The Kier molecular flexibility index (Phi) is 3.39. The van der Waals surface area contributed by atoms with Gasteiger partial charge in [0, 0.05) is 23.7 Å². The normalized spacial score (nSPS) is 10.8. The maximum absolute atomic E-state index is 12.1. The third-order valence-corrected chi connectivity index (χ3v) is 3.72. The SMILES string of the molecule is Nc1cccc2cc(C(=O)NCCc3cscn3)[nH]c12. The maximum Gasteiger partial charge on any atom is 0.267 e. The average Bonchev–Trinajstić information content (AvgIpc) is 3.07. The Balaban J connectivity index is 1.68. The Bertz CT molecular complexity index is 733. The van der Waals surface area contributed by atoms with Gasteiger partial charge in [-0.15, -0.1) is 11.3 Å². The van der Waals surface area contributed by atoms with Crippen LogP contribution in [0, 0.1) is 0 Å². The van der Waals surface area contributed by atoms with Crippen LogP contribution in [0.3, 0.4) is 0 Å². The monoisotopic (exact) mass is 286 g/mol. The Morgan fingerprint density at radius 2 is 2.35 bits per heavy atom. The van der Waals surface area contributed by atoms with E-state index in [0.29, 0.717) is 17.9 Å². The van der Waals surface area contributed by atoms with Gasteiger partial charge in [0.1, 0.15) is 5.69 Å². The first-order valence-electron chi connectivity index (χ1n) is 6.26. The number of nitrogens with one attached hydrogen (secondary N) is 2. The zero-order valence-corrected chi connectivity index (χ0v) is 11.5. The number of carbonyl (C=O) groups excluding carboxylic acids is 1. The number of amides is 1. The molecule has 6 heteroatoms. The van der Waals surface area contributed by atoms with Crippen molar-refractivity contribution in [2.45, 2.75) is 6.42 Å². The van der Waals surface area contributed by atoms with E-state index in [2.05, 4.69) is 15.3 Å². The fraction of sp³-hybridized carbons (Fsp3) is 0.143. The second-order valence-corrected chi connectivity index (χ2v) is 5.20. The zero-order chi connectivity index (χ0) is 13.9. The third kappa shape index (κ3) is 2.50. The number of hydrogen-bond donors (Lipinski definition) is 3. The van der Waals surface area contributed by atoms with E-state index in [1.54, 1.807) is 16.8 Å². The number of nitrogens with two attached hydrogens (primary N) is 1. The molecular weight excluding hydrogens is 272 g/mol. The minimum absolute atomic E-state index is 0.129. The van der Waals surface area contributed by atoms with Gasteiger partial charge in [0.05, 0.1) is 22.4 Å². The highest BCUT2D eigenvalue weighted by Gasteiger charge is 2.10. The first-order valence-corrected chi connectivity index (χ1v) is 7.21. The molecule has 0 saturated heterocycles. The number of fused-ring (bicyclic) bond motifs is 1. The summed E-state index contributed by atoms with van der Waals surface area (Å²) in [4.78, 5) is 19.3. The zero-order valence-electron chi connectivity index (χ0n) is 10.7. The summed E-state index contributed by atoms with van der Waals surface area (Å²) < 4.78 is 0. The van der Waals surface area contributed by atoms with Crippen molar-refractivity contribution in [2.75, 3.05) is 12.3 Å². The van der Waals surface area contributed by atoms with Crippen LogP contribution >= 0.6 is 11.3 Å². The van der Waals surface area contributed by atoms with Crippen LogP contribution in [-0.2, 0) is 6.42 Å². The average molecular weight is 286 g/mol. The molecule has 1 amide bonds. The second-order valence-electron chi connectivity index (χ2n) is 4.48. The Labute approximate surface area is 119 Å². The van der Waals surface area contributed by atoms with Gasteiger partial charge in [-0.05, 0) is 12.1 Å². The molecule has 3 aromatic rings. The molecule has 2 aromatic heterocycles. The standard InChI is InChI=1S/C14H14N4OS/c15-11-3-1-2-9-6-12(18-13(9)11)14(19)16-5-4-10-7-20-8-17-10/h1-3,6-8,18H,4-5,15H2,(H,16,19). The van der Waals surface area contributed by atoms with E-state index in [-0.39, 0.29) is 5.91 Å². The van der Waals surface area contributed by atoms with Crippen LogP contribution < -0.4 is 11.1 Å². The summed E-state index contributed by atoms with van der Waals surface area (Å²) in [7, 11) is 0. The molecule has 0 saturated carbocycles. The van der Waals surface area contributed by atoms with Crippen molar-refractivity contribution < 1.29 is 4.79 Å². The lowest BCUT2D eigenvalue weighted by Gasteiger charge is -2.01. The van der Waals surface area contributed by atoms with Crippen LogP contribution in [0.25, 0.3) is 10.9 Å². The molecule has 0 fully saturated rings. The number of hydrogen-bond acceptors (Lipinski definition) is 4. The molecule has 1 aromatic carbocycles. The molecule has 4 N–H and O–H groups in total. The van der Waals surface area contributed by atoms with Crippen molar-refractivity contribution in [1.29, 1.82) is 0 Å². The highest BCUT2D eigenvalue weighted by molar-refractivity contribution is 7.07. The minimum atomic E-state index is -0.129. The first kappa shape index (κ1) is 12.7. The van der Waals surface area contributed by atoms with Crippen molar-refractivity contribution in [1.82, 2.24) is 15.3 Å². The molecule has 0 aliphatic rings. The quantitative estimate of drug-likeness (QED) is 0.643. The molecule has 0 bridgehead atoms. The van der Waals surface area contributed by atoms with E-state index in [1.165, 1.54) is 0 Å². The number of carbonyl (C=O) groups is 1. The molecule has 5 nitrogen and oxygen atoms in total. The van der Waals surface area contributed by atoms with Gasteiger partial charge in [0.15, 0.2) is 0 Å². The number of aromatic nitrogens is 2. The van der Waals surface area contributed by atoms with Crippen molar-refractivity contribution in [3.05, 3.63) is 46.5 Å². The van der Waals surface area contributed by atoms with Crippen LogP contribution in [0.2, 0.25) is 0 Å². The summed E-state index contributed by atoms with van der Waals surface area (Å²) in [5.41, 5.74) is 10.6.